The van der Waals surface area contributed by atoms with Gasteiger partial charge in [0.1, 0.15) is 5.82 Å². The number of benzene rings is 1. The van der Waals surface area contributed by atoms with Crippen LogP contribution in [0.15, 0.2) is 12.1 Å². The van der Waals surface area contributed by atoms with Crippen molar-refractivity contribution in [3.63, 3.8) is 0 Å². The quantitative estimate of drug-likeness (QED) is 0.674. The highest BCUT2D eigenvalue weighted by atomic mass is 16.5. The van der Waals surface area contributed by atoms with E-state index in [0.717, 1.165) is 0 Å². The molecule has 0 spiro atoms. The van der Waals surface area contributed by atoms with Gasteiger partial charge in [-0.2, -0.15) is 4.98 Å². The van der Waals surface area contributed by atoms with Gasteiger partial charge in [0.25, 0.3) is 0 Å². The average Bonchev–Trinajstić information content (AvgIpc) is 2.68. The number of aromatic nitrogens is 2. The Morgan fingerprint density at radius 2 is 2.00 bits per heavy atom. The first-order valence-electron chi connectivity index (χ1n) is 9.22. The normalized spacial score (nSPS) is 22.3. The number of hydrogen-bond acceptors (Lipinski definition) is 8. The van der Waals surface area contributed by atoms with Gasteiger partial charge in [0.05, 0.1) is 31.3 Å². The molecule has 9 nitrogen and oxygen atoms in total. The Balaban J connectivity index is 1.95. The van der Waals surface area contributed by atoms with E-state index in [9.17, 15) is 15.0 Å². The van der Waals surface area contributed by atoms with Crippen LogP contribution in [0.25, 0.3) is 10.9 Å². The van der Waals surface area contributed by atoms with E-state index in [1.165, 1.54) is 14.2 Å². The summed E-state index contributed by atoms with van der Waals surface area (Å²) < 4.78 is 10.6. The summed E-state index contributed by atoms with van der Waals surface area (Å²) in [6.07, 6.45) is 0.397. The predicted molar refractivity (Wildman–Crippen MR) is 105 cm³/mol. The van der Waals surface area contributed by atoms with Crippen molar-refractivity contribution < 1.29 is 24.5 Å². The summed E-state index contributed by atoms with van der Waals surface area (Å²) in [7, 11) is 3.07. The number of hydrogen-bond donors (Lipinski definition) is 3. The average molecular weight is 390 g/mol. The molecule has 1 aromatic carbocycles. The Morgan fingerprint density at radius 1 is 1.32 bits per heavy atom. The van der Waals surface area contributed by atoms with Gasteiger partial charge < -0.3 is 30.3 Å². The van der Waals surface area contributed by atoms with Gasteiger partial charge in [0.15, 0.2) is 11.5 Å². The second-order valence-electron chi connectivity index (χ2n) is 7.06. The van der Waals surface area contributed by atoms with Crippen molar-refractivity contribution in [1.82, 2.24) is 9.97 Å². The van der Waals surface area contributed by atoms with E-state index in [-0.39, 0.29) is 12.4 Å². The molecule has 1 aromatic heterocycles. The molecule has 2 aromatic rings. The van der Waals surface area contributed by atoms with E-state index in [2.05, 4.69) is 9.97 Å². The number of nitrogens with two attached hydrogens (primary N) is 1. The van der Waals surface area contributed by atoms with E-state index in [4.69, 9.17) is 15.2 Å². The molecule has 0 amide bonds. The van der Waals surface area contributed by atoms with Gasteiger partial charge in [-0.25, -0.2) is 4.98 Å². The van der Waals surface area contributed by atoms with Gasteiger partial charge in [0.2, 0.25) is 5.95 Å². The zero-order valence-electron chi connectivity index (χ0n) is 16.3. The summed E-state index contributed by atoms with van der Waals surface area (Å²) in [4.78, 5) is 22.5. The fourth-order valence-electron chi connectivity index (χ4n) is 3.86. The molecule has 3 rings (SSSR count). The van der Waals surface area contributed by atoms with Crippen LogP contribution >= 0.6 is 0 Å². The third-order valence-electron chi connectivity index (χ3n) is 5.48. The molecule has 0 unspecified atom stereocenters. The van der Waals surface area contributed by atoms with Crippen LogP contribution in [0.2, 0.25) is 0 Å². The lowest BCUT2D eigenvalue weighted by molar-refractivity contribution is -0.159. The summed E-state index contributed by atoms with van der Waals surface area (Å²) in [6.45, 7) is 2.46. The maximum atomic E-state index is 11.8. The molecule has 0 aliphatic carbocycles. The summed E-state index contributed by atoms with van der Waals surface area (Å²) in [6, 6.07) is 3.43. The highest BCUT2D eigenvalue weighted by Crippen LogP contribution is 2.39. The fourth-order valence-corrected chi connectivity index (χ4v) is 3.86. The van der Waals surface area contributed by atoms with Crippen molar-refractivity contribution in [2.75, 3.05) is 37.9 Å². The van der Waals surface area contributed by atoms with E-state index in [0.29, 0.717) is 54.2 Å². The van der Waals surface area contributed by atoms with Gasteiger partial charge in [-0.05, 0) is 18.9 Å². The number of piperidine rings is 1. The summed E-state index contributed by atoms with van der Waals surface area (Å²) in [5, 5.41) is 21.0. The lowest BCUT2D eigenvalue weighted by Crippen LogP contribution is -2.55. The largest absolute Gasteiger partial charge is 0.493 e. The minimum atomic E-state index is -1.13. The van der Waals surface area contributed by atoms with Crippen LogP contribution < -0.4 is 20.1 Å². The highest BCUT2D eigenvalue weighted by Gasteiger charge is 2.48. The molecule has 2 heterocycles. The molecule has 1 aliphatic heterocycles. The zero-order valence-corrected chi connectivity index (χ0v) is 16.3. The number of carboxylic acid groups (broad SMARTS) is 1. The number of nitrogen functional groups attached to an aromatic ring is 1. The first kappa shape index (κ1) is 19.9. The summed E-state index contributed by atoms with van der Waals surface area (Å²) in [5.41, 5.74) is 5.58. The number of carbonyl (C=O) groups is 1. The van der Waals surface area contributed by atoms with Crippen LogP contribution in [0.3, 0.4) is 0 Å². The number of methoxy groups -OCH3 is 2. The number of anilines is 2. The molecule has 1 aliphatic rings. The minimum absolute atomic E-state index is 0.130. The Bertz CT molecular complexity index is 890. The summed E-state index contributed by atoms with van der Waals surface area (Å²) in [5.74, 6) is 0.714. The van der Waals surface area contributed by atoms with Crippen molar-refractivity contribution in [3.05, 3.63) is 12.1 Å². The first-order chi connectivity index (χ1) is 13.4. The molecule has 1 saturated heterocycles. The second-order valence-corrected chi connectivity index (χ2v) is 7.06. The SMILES string of the molecule is CCC[C@]1(C(=O)O)CCN(c2nc(N)c3cc(OC)c(OC)cc3n2)C[C@H]1O. The predicted octanol–water partition coefficient (Wildman–Crippen LogP) is 1.67. The smallest absolute Gasteiger partial charge is 0.312 e. The van der Waals surface area contributed by atoms with Crippen molar-refractivity contribution in [2.24, 2.45) is 5.41 Å². The van der Waals surface area contributed by atoms with Crippen LogP contribution in [0, 0.1) is 5.41 Å². The molecule has 28 heavy (non-hydrogen) atoms. The Kier molecular flexibility index (Phi) is 5.46. The van der Waals surface area contributed by atoms with Crippen LogP contribution in [0.4, 0.5) is 11.8 Å². The van der Waals surface area contributed by atoms with E-state index >= 15 is 0 Å². The van der Waals surface area contributed by atoms with E-state index in [1.807, 2.05) is 6.92 Å². The van der Waals surface area contributed by atoms with Gasteiger partial charge in [-0.15, -0.1) is 0 Å². The zero-order chi connectivity index (χ0) is 20.5. The summed E-state index contributed by atoms with van der Waals surface area (Å²) >= 11 is 0. The molecular formula is C19H26N4O5. The van der Waals surface area contributed by atoms with Crippen molar-refractivity contribution in [3.8, 4) is 11.5 Å². The van der Waals surface area contributed by atoms with Gasteiger partial charge in [-0.1, -0.05) is 13.3 Å². The highest BCUT2D eigenvalue weighted by molar-refractivity contribution is 5.91. The number of aliphatic hydroxyl groups excluding tert-OH is 1. The standard InChI is InChI=1S/C19H26N4O5/c1-4-5-19(17(25)26)6-7-23(10-15(19)24)18-21-12-9-14(28-3)13(27-2)8-11(12)16(20)22-18/h8-9,15,24H,4-7,10H2,1-3H3,(H,25,26)(H2,20,21,22)/t15-,19+/m1/s1. The maximum absolute atomic E-state index is 11.8. The minimum Gasteiger partial charge on any atom is -0.493 e. The second kappa shape index (κ2) is 7.67. The first-order valence-corrected chi connectivity index (χ1v) is 9.22. The van der Waals surface area contributed by atoms with Crippen LogP contribution in [0.1, 0.15) is 26.2 Å². The molecule has 0 saturated carbocycles. The number of aliphatic hydroxyl groups is 1. The Morgan fingerprint density at radius 3 is 2.57 bits per heavy atom. The van der Waals surface area contributed by atoms with Crippen molar-refractivity contribution >= 4 is 28.6 Å². The van der Waals surface area contributed by atoms with Crippen LogP contribution in [-0.2, 0) is 4.79 Å². The van der Waals surface area contributed by atoms with Gasteiger partial charge >= 0.3 is 5.97 Å². The molecule has 152 valence electrons. The number of fused-ring (bicyclic) bond motifs is 1. The molecule has 9 heteroatoms. The van der Waals surface area contributed by atoms with Crippen molar-refractivity contribution in [1.29, 1.82) is 0 Å². The van der Waals surface area contributed by atoms with Gasteiger partial charge in [0, 0.05) is 24.5 Å². The van der Waals surface area contributed by atoms with Crippen LogP contribution in [-0.4, -0.2) is 59.6 Å². The third-order valence-corrected chi connectivity index (χ3v) is 5.48. The Labute approximate surface area is 163 Å². The number of β-amino-alcohol motifs (C(OH)–C–C–N with tert-alkyl or cyclic N) is 1. The maximum Gasteiger partial charge on any atom is 0.312 e. The molecule has 1 fully saturated rings. The number of aliphatic carboxylic acids is 1. The van der Waals surface area contributed by atoms with E-state index < -0.39 is 17.5 Å². The van der Waals surface area contributed by atoms with Crippen LogP contribution in [0.5, 0.6) is 11.5 Å². The molecule has 2 atom stereocenters. The monoisotopic (exact) mass is 390 g/mol. The number of ether oxygens (including phenoxy) is 2. The Hall–Kier alpha value is -2.81. The lowest BCUT2D eigenvalue weighted by Gasteiger charge is -2.42. The number of rotatable bonds is 6. The van der Waals surface area contributed by atoms with Crippen molar-refractivity contribution in [2.45, 2.75) is 32.3 Å². The topological polar surface area (TPSA) is 131 Å². The lowest BCUT2D eigenvalue weighted by atomic mass is 9.73. The number of nitrogens with zero attached hydrogens (tertiary/aromatic N) is 3. The molecule has 0 bridgehead atoms. The number of carboxylic acids is 1. The molecule has 4 N–H and O–H groups in total. The molecular weight excluding hydrogens is 364 g/mol. The van der Waals surface area contributed by atoms with Gasteiger partial charge in [-0.3, -0.25) is 4.79 Å². The molecule has 0 radical (unpaired) electrons. The van der Waals surface area contributed by atoms with E-state index in [1.54, 1.807) is 17.0 Å². The fraction of sp³-hybridized carbons (Fsp3) is 0.526. The third kappa shape index (κ3) is 3.26.